The molecule has 0 radical (unpaired) electrons. The largest absolute Gasteiger partial charge is 0.497 e. The van der Waals surface area contributed by atoms with E-state index in [2.05, 4.69) is 5.32 Å². The lowest BCUT2D eigenvalue weighted by atomic mass is 10.1. The third kappa shape index (κ3) is 4.16. The molecule has 122 valence electrons. The second-order valence-electron chi connectivity index (χ2n) is 4.88. The van der Waals surface area contributed by atoms with E-state index in [-0.39, 0.29) is 5.91 Å². The van der Waals surface area contributed by atoms with Crippen molar-refractivity contribution in [2.24, 2.45) is 0 Å². The Morgan fingerprint density at radius 1 is 0.957 bits per heavy atom. The maximum absolute atomic E-state index is 12.2. The fraction of sp³-hybridized carbons (Fsp3) is 0.278. The number of ether oxygens (including phenoxy) is 3. The van der Waals surface area contributed by atoms with E-state index in [1.165, 1.54) is 0 Å². The molecule has 1 N–H and O–H groups in total. The summed E-state index contributed by atoms with van der Waals surface area (Å²) in [6.07, 6.45) is 0.640. The summed E-state index contributed by atoms with van der Waals surface area (Å²) in [5, 5.41) is 2.90. The summed E-state index contributed by atoms with van der Waals surface area (Å²) in [6, 6.07) is 12.7. The van der Waals surface area contributed by atoms with Crippen molar-refractivity contribution in [3.63, 3.8) is 0 Å². The summed E-state index contributed by atoms with van der Waals surface area (Å²) >= 11 is 0. The summed E-state index contributed by atoms with van der Waals surface area (Å²) in [6.45, 7) is 0.487. The van der Waals surface area contributed by atoms with Crippen LogP contribution in [0.15, 0.2) is 42.5 Å². The lowest BCUT2D eigenvalue weighted by Gasteiger charge is -2.12. The number of amides is 1. The molecular weight excluding hydrogens is 294 g/mol. The molecule has 0 unspecified atom stereocenters. The van der Waals surface area contributed by atoms with Gasteiger partial charge in [-0.3, -0.25) is 4.79 Å². The first-order valence-electron chi connectivity index (χ1n) is 7.31. The van der Waals surface area contributed by atoms with Crippen LogP contribution >= 0.6 is 0 Å². The van der Waals surface area contributed by atoms with Gasteiger partial charge in [0.05, 0.1) is 26.9 Å². The summed E-state index contributed by atoms with van der Waals surface area (Å²) in [5.41, 5.74) is 1.50. The summed E-state index contributed by atoms with van der Waals surface area (Å²) in [4.78, 5) is 12.2. The quantitative estimate of drug-likeness (QED) is 0.853. The molecule has 5 nitrogen and oxygen atoms in total. The van der Waals surface area contributed by atoms with Gasteiger partial charge in [-0.05, 0) is 42.3 Å². The second-order valence-corrected chi connectivity index (χ2v) is 4.88. The van der Waals surface area contributed by atoms with Crippen molar-refractivity contribution in [2.45, 2.75) is 6.42 Å². The Bertz CT molecular complexity index is 670. The normalized spacial score (nSPS) is 10.0. The Morgan fingerprint density at radius 3 is 2.39 bits per heavy atom. The number of hydrogen-bond acceptors (Lipinski definition) is 4. The average Bonchev–Trinajstić information content (AvgIpc) is 2.61. The number of hydrogen-bond donors (Lipinski definition) is 1. The Hall–Kier alpha value is -2.69. The number of rotatable bonds is 7. The maximum atomic E-state index is 12.2. The van der Waals surface area contributed by atoms with Crippen LogP contribution in [0.5, 0.6) is 17.2 Å². The molecule has 2 aromatic rings. The van der Waals surface area contributed by atoms with E-state index >= 15 is 0 Å². The molecule has 23 heavy (non-hydrogen) atoms. The highest BCUT2D eigenvalue weighted by Gasteiger charge is 2.11. The molecule has 0 aliphatic carbocycles. The topological polar surface area (TPSA) is 56.8 Å². The first-order valence-corrected chi connectivity index (χ1v) is 7.31. The summed E-state index contributed by atoms with van der Waals surface area (Å²) in [7, 11) is 4.79. The zero-order valence-electron chi connectivity index (χ0n) is 13.6. The molecule has 0 aliphatic rings. The Morgan fingerprint density at radius 2 is 1.70 bits per heavy atom. The van der Waals surface area contributed by atoms with Crippen LogP contribution in [0.2, 0.25) is 0 Å². The van der Waals surface area contributed by atoms with E-state index in [1.54, 1.807) is 33.5 Å². The van der Waals surface area contributed by atoms with Gasteiger partial charge in [-0.15, -0.1) is 0 Å². The van der Waals surface area contributed by atoms with Crippen LogP contribution in [-0.2, 0) is 6.42 Å². The van der Waals surface area contributed by atoms with Gasteiger partial charge in [-0.1, -0.05) is 12.1 Å². The minimum Gasteiger partial charge on any atom is -0.497 e. The van der Waals surface area contributed by atoms with E-state index in [0.717, 1.165) is 17.1 Å². The summed E-state index contributed by atoms with van der Waals surface area (Å²) in [5.74, 6) is 1.93. The van der Waals surface area contributed by atoms with Gasteiger partial charge in [0.25, 0.3) is 5.91 Å². The van der Waals surface area contributed by atoms with Crippen molar-refractivity contribution in [1.82, 2.24) is 5.32 Å². The fourth-order valence-corrected chi connectivity index (χ4v) is 2.32. The molecule has 0 aromatic heterocycles. The van der Waals surface area contributed by atoms with Crippen molar-refractivity contribution in [3.05, 3.63) is 53.6 Å². The molecule has 0 fully saturated rings. The number of benzene rings is 2. The molecule has 2 rings (SSSR count). The molecule has 2 aromatic carbocycles. The third-order valence-corrected chi connectivity index (χ3v) is 3.52. The Labute approximate surface area is 136 Å². The predicted octanol–water partition coefficient (Wildman–Crippen LogP) is 2.68. The molecule has 0 saturated carbocycles. The maximum Gasteiger partial charge on any atom is 0.255 e. The van der Waals surface area contributed by atoms with Gasteiger partial charge < -0.3 is 19.5 Å². The van der Waals surface area contributed by atoms with Crippen molar-refractivity contribution in [2.75, 3.05) is 27.9 Å². The van der Waals surface area contributed by atoms with Gasteiger partial charge in [0.2, 0.25) is 0 Å². The van der Waals surface area contributed by atoms with E-state index < -0.39 is 0 Å². The Balaban J connectivity index is 2.01. The molecule has 0 aliphatic heterocycles. The van der Waals surface area contributed by atoms with Crippen LogP contribution in [0, 0.1) is 0 Å². The standard InChI is InChI=1S/C18H21NO4/c1-21-14-8-9-16(22-2)13(12-14)10-11-19-18(20)15-6-4-5-7-17(15)23-3/h4-9,12H,10-11H2,1-3H3,(H,19,20). The molecule has 0 heterocycles. The van der Waals surface area contributed by atoms with Crippen LogP contribution in [0.3, 0.4) is 0 Å². The van der Waals surface area contributed by atoms with E-state index in [0.29, 0.717) is 24.3 Å². The molecule has 0 bridgehead atoms. The van der Waals surface area contributed by atoms with Crippen molar-refractivity contribution < 1.29 is 19.0 Å². The van der Waals surface area contributed by atoms with Crippen molar-refractivity contribution in [3.8, 4) is 17.2 Å². The number of nitrogens with one attached hydrogen (secondary N) is 1. The van der Waals surface area contributed by atoms with E-state index in [4.69, 9.17) is 14.2 Å². The van der Waals surface area contributed by atoms with Gasteiger partial charge in [-0.25, -0.2) is 0 Å². The zero-order valence-corrected chi connectivity index (χ0v) is 13.6. The number of para-hydroxylation sites is 1. The van der Waals surface area contributed by atoms with E-state index in [1.807, 2.05) is 30.3 Å². The van der Waals surface area contributed by atoms with Crippen LogP contribution in [0.1, 0.15) is 15.9 Å². The SMILES string of the molecule is COc1ccc(OC)c(CCNC(=O)c2ccccc2OC)c1. The molecule has 1 amide bonds. The van der Waals surface area contributed by atoms with Crippen LogP contribution in [-0.4, -0.2) is 33.8 Å². The number of carbonyl (C=O) groups is 1. The van der Waals surface area contributed by atoms with Gasteiger partial charge in [-0.2, -0.15) is 0 Å². The van der Waals surface area contributed by atoms with Crippen LogP contribution in [0.4, 0.5) is 0 Å². The highest BCUT2D eigenvalue weighted by atomic mass is 16.5. The predicted molar refractivity (Wildman–Crippen MR) is 88.6 cm³/mol. The molecule has 0 spiro atoms. The van der Waals surface area contributed by atoms with Crippen LogP contribution < -0.4 is 19.5 Å². The average molecular weight is 315 g/mol. The van der Waals surface area contributed by atoms with E-state index in [9.17, 15) is 4.79 Å². The molecular formula is C18H21NO4. The zero-order chi connectivity index (χ0) is 16.7. The van der Waals surface area contributed by atoms with Crippen molar-refractivity contribution in [1.29, 1.82) is 0 Å². The Kier molecular flexibility index (Phi) is 5.86. The monoisotopic (exact) mass is 315 g/mol. The lowest BCUT2D eigenvalue weighted by Crippen LogP contribution is -2.26. The van der Waals surface area contributed by atoms with Crippen molar-refractivity contribution >= 4 is 5.91 Å². The third-order valence-electron chi connectivity index (χ3n) is 3.52. The number of carbonyl (C=O) groups excluding carboxylic acids is 1. The minimum atomic E-state index is -0.163. The molecule has 5 heteroatoms. The highest BCUT2D eigenvalue weighted by molar-refractivity contribution is 5.96. The summed E-state index contributed by atoms with van der Waals surface area (Å²) < 4.78 is 15.8. The fourth-order valence-electron chi connectivity index (χ4n) is 2.32. The van der Waals surface area contributed by atoms with Gasteiger partial charge >= 0.3 is 0 Å². The van der Waals surface area contributed by atoms with Gasteiger partial charge in [0.1, 0.15) is 17.2 Å². The molecule has 0 saturated heterocycles. The lowest BCUT2D eigenvalue weighted by molar-refractivity contribution is 0.0951. The minimum absolute atomic E-state index is 0.163. The molecule has 0 atom stereocenters. The smallest absolute Gasteiger partial charge is 0.255 e. The first-order chi connectivity index (χ1) is 11.2. The number of methoxy groups -OCH3 is 3. The second kappa shape index (κ2) is 8.08. The van der Waals surface area contributed by atoms with Gasteiger partial charge in [0.15, 0.2) is 0 Å². The van der Waals surface area contributed by atoms with Gasteiger partial charge in [0, 0.05) is 6.54 Å². The first kappa shape index (κ1) is 16.7. The van der Waals surface area contributed by atoms with Crippen LogP contribution in [0.25, 0.3) is 0 Å². The highest BCUT2D eigenvalue weighted by Crippen LogP contribution is 2.24.